The quantitative estimate of drug-likeness (QED) is 0.323. The molecule has 0 aliphatic heterocycles. The van der Waals surface area contributed by atoms with Gasteiger partial charge < -0.3 is 14.2 Å². The number of carbonyl (C=O) groups is 2. The maximum Gasteiger partial charge on any atom is 0.335 e. The highest BCUT2D eigenvalue weighted by Gasteiger charge is 2.53. The molecule has 0 aromatic heterocycles. The predicted molar refractivity (Wildman–Crippen MR) is 113 cm³/mol. The number of rotatable bonds is 8. The molecule has 4 rings (SSSR count). The molecular formula is C24H38O5. The Morgan fingerprint density at radius 2 is 1.55 bits per heavy atom. The summed E-state index contributed by atoms with van der Waals surface area (Å²) >= 11 is 0. The molecule has 4 fully saturated rings. The molecule has 1 unspecified atom stereocenters. The summed E-state index contributed by atoms with van der Waals surface area (Å²) in [6.45, 7) is 13.6. The lowest BCUT2D eigenvalue weighted by Gasteiger charge is -2.55. The third-order valence-electron chi connectivity index (χ3n) is 6.44. The van der Waals surface area contributed by atoms with Crippen molar-refractivity contribution in [1.29, 1.82) is 0 Å². The van der Waals surface area contributed by atoms with Crippen LogP contribution in [0.25, 0.3) is 0 Å². The molecule has 0 saturated heterocycles. The first-order chi connectivity index (χ1) is 13.7. The van der Waals surface area contributed by atoms with Gasteiger partial charge in [0.05, 0.1) is 18.8 Å². The summed E-state index contributed by atoms with van der Waals surface area (Å²) in [5, 5.41) is 0. The SMILES string of the molecule is C=C(C(=O)OC)C(C)OCCCC.C=C(C)C(=O)OC12CC3CC(CC(C3)C1)C2. The van der Waals surface area contributed by atoms with Gasteiger partial charge in [0, 0.05) is 12.2 Å². The molecule has 0 N–H and O–H groups in total. The normalized spacial score (nSPS) is 30.0. The summed E-state index contributed by atoms with van der Waals surface area (Å²) in [5.74, 6) is 1.89. The van der Waals surface area contributed by atoms with E-state index in [4.69, 9.17) is 9.47 Å². The molecule has 1 atom stereocenters. The van der Waals surface area contributed by atoms with Gasteiger partial charge in [0.1, 0.15) is 5.60 Å². The molecule has 4 aliphatic carbocycles. The Labute approximate surface area is 175 Å². The number of methoxy groups -OCH3 is 1. The maximum atomic E-state index is 11.7. The van der Waals surface area contributed by atoms with E-state index in [1.54, 1.807) is 13.8 Å². The Bertz CT molecular complexity index is 585. The number of unbranched alkanes of at least 4 members (excludes halogenated alkanes) is 1. The monoisotopic (exact) mass is 406 g/mol. The van der Waals surface area contributed by atoms with E-state index in [9.17, 15) is 9.59 Å². The molecule has 0 aromatic carbocycles. The fourth-order valence-corrected chi connectivity index (χ4v) is 5.24. The average Bonchev–Trinajstić information content (AvgIpc) is 2.65. The first-order valence-corrected chi connectivity index (χ1v) is 11.0. The third-order valence-corrected chi connectivity index (χ3v) is 6.44. The van der Waals surface area contributed by atoms with Crippen LogP contribution < -0.4 is 0 Å². The van der Waals surface area contributed by atoms with Crippen LogP contribution >= 0.6 is 0 Å². The summed E-state index contributed by atoms with van der Waals surface area (Å²) in [7, 11) is 1.34. The van der Waals surface area contributed by atoms with Crippen LogP contribution in [-0.2, 0) is 23.8 Å². The van der Waals surface area contributed by atoms with Crippen molar-refractivity contribution in [2.24, 2.45) is 17.8 Å². The van der Waals surface area contributed by atoms with E-state index in [1.807, 2.05) is 0 Å². The van der Waals surface area contributed by atoms with Gasteiger partial charge in [0.15, 0.2) is 0 Å². The number of ether oxygens (including phenoxy) is 3. The Morgan fingerprint density at radius 3 is 1.97 bits per heavy atom. The second-order valence-electron chi connectivity index (χ2n) is 9.15. The van der Waals surface area contributed by atoms with Crippen molar-refractivity contribution in [3.05, 3.63) is 24.3 Å². The van der Waals surface area contributed by atoms with Crippen molar-refractivity contribution in [3.63, 3.8) is 0 Å². The largest absolute Gasteiger partial charge is 0.466 e. The molecule has 0 aromatic rings. The third kappa shape index (κ3) is 6.43. The fourth-order valence-electron chi connectivity index (χ4n) is 5.24. The summed E-state index contributed by atoms with van der Waals surface area (Å²) in [6.07, 6.45) is 9.29. The van der Waals surface area contributed by atoms with Gasteiger partial charge in [-0.2, -0.15) is 0 Å². The average molecular weight is 407 g/mol. The summed E-state index contributed by atoms with van der Waals surface area (Å²) in [5.41, 5.74) is 0.805. The molecule has 5 nitrogen and oxygen atoms in total. The minimum absolute atomic E-state index is 0.106. The molecule has 0 radical (unpaired) electrons. The fraction of sp³-hybridized carbons (Fsp3) is 0.750. The number of carbonyl (C=O) groups excluding carboxylic acids is 2. The van der Waals surface area contributed by atoms with Gasteiger partial charge in [-0.15, -0.1) is 0 Å². The molecule has 4 aliphatic rings. The van der Waals surface area contributed by atoms with Crippen molar-refractivity contribution in [3.8, 4) is 0 Å². The second-order valence-corrected chi connectivity index (χ2v) is 9.15. The topological polar surface area (TPSA) is 61.8 Å². The molecule has 164 valence electrons. The van der Waals surface area contributed by atoms with Gasteiger partial charge >= 0.3 is 11.9 Å². The van der Waals surface area contributed by atoms with E-state index < -0.39 is 5.97 Å². The first kappa shape index (κ1) is 23.7. The summed E-state index contributed by atoms with van der Waals surface area (Å²) in [4.78, 5) is 22.7. The number of esters is 2. The molecule has 0 heterocycles. The van der Waals surface area contributed by atoms with Crippen LogP contribution in [0.3, 0.4) is 0 Å². The van der Waals surface area contributed by atoms with Gasteiger partial charge in [-0.05, 0) is 76.5 Å². The van der Waals surface area contributed by atoms with Gasteiger partial charge in [-0.25, -0.2) is 9.59 Å². The van der Waals surface area contributed by atoms with Crippen molar-refractivity contribution >= 4 is 11.9 Å². The summed E-state index contributed by atoms with van der Waals surface area (Å²) < 4.78 is 15.7. The zero-order valence-electron chi connectivity index (χ0n) is 18.6. The molecule has 0 spiro atoms. The molecule has 5 heteroatoms. The van der Waals surface area contributed by atoms with Crippen molar-refractivity contribution in [2.75, 3.05) is 13.7 Å². The van der Waals surface area contributed by atoms with Crippen molar-refractivity contribution in [1.82, 2.24) is 0 Å². The van der Waals surface area contributed by atoms with Gasteiger partial charge in [-0.1, -0.05) is 26.5 Å². The molecule has 29 heavy (non-hydrogen) atoms. The minimum Gasteiger partial charge on any atom is -0.466 e. The van der Waals surface area contributed by atoms with E-state index >= 15 is 0 Å². The molecule has 0 amide bonds. The van der Waals surface area contributed by atoms with E-state index in [-0.39, 0.29) is 17.7 Å². The van der Waals surface area contributed by atoms with Crippen LogP contribution in [-0.4, -0.2) is 37.4 Å². The maximum absolute atomic E-state index is 11.7. The van der Waals surface area contributed by atoms with E-state index in [0.717, 1.165) is 49.9 Å². The smallest absolute Gasteiger partial charge is 0.335 e. The van der Waals surface area contributed by atoms with Gasteiger partial charge in [0.2, 0.25) is 0 Å². The lowest BCUT2D eigenvalue weighted by atomic mass is 9.54. The van der Waals surface area contributed by atoms with Crippen LogP contribution in [0, 0.1) is 17.8 Å². The van der Waals surface area contributed by atoms with Crippen LogP contribution in [0.15, 0.2) is 24.3 Å². The standard InChI is InChI=1S/C14H20O2.C10H18O3/c1-9(2)13(15)16-14-6-10-3-11(7-14)5-12(4-10)8-14;1-5-6-7-13-9(3)8(2)10(11)12-4/h10-12H,1,3-8H2,2H3;9H,2,5-7H2,1,3-4H3. The zero-order chi connectivity index (χ0) is 21.6. The van der Waals surface area contributed by atoms with E-state index in [0.29, 0.717) is 17.8 Å². The Hall–Kier alpha value is -1.62. The van der Waals surface area contributed by atoms with Crippen LogP contribution in [0.2, 0.25) is 0 Å². The first-order valence-electron chi connectivity index (χ1n) is 11.0. The van der Waals surface area contributed by atoms with Gasteiger partial charge in [-0.3, -0.25) is 0 Å². The highest BCUT2D eigenvalue weighted by atomic mass is 16.6. The Kier molecular flexibility index (Phi) is 8.50. The van der Waals surface area contributed by atoms with Crippen molar-refractivity contribution in [2.45, 2.75) is 83.8 Å². The highest BCUT2D eigenvalue weighted by Crippen LogP contribution is 2.57. The Morgan fingerprint density at radius 1 is 1.03 bits per heavy atom. The number of hydrogen-bond acceptors (Lipinski definition) is 5. The number of hydrogen-bond donors (Lipinski definition) is 0. The lowest BCUT2D eigenvalue weighted by Crippen LogP contribution is -2.52. The highest BCUT2D eigenvalue weighted by molar-refractivity contribution is 5.88. The Balaban J connectivity index is 0.000000213. The van der Waals surface area contributed by atoms with E-state index in [1.165, 1.54) is 26.4 Å². The molecule has 4 saturated carbocycles. The minimum atomic E-state index is -0.399. The van der Waals surface area contributed by atoms with Gasteiger partial charge in [0.25, 0.3) is 0 Å². The second kappa shape index (κ2) is 10.4. The molecule has 4 bridgehead atoms. The van der Waals surface area contributed by atoms with Crippen molar-refractivity contribution < 1.29 is 23.8 Å². The van der Waals surface area contributed by atoms with Crippen LogP contribution in [0.1, 0.15) is 72.1 Å². The lowest BCUT2D eigenvalue weighted by molar-refractivity contribution is -0.182. The van der Waals surface area contributed by atoms with E-state index in [2.05, 4.69) is 24.8 Å². The van der Waals surface area contributed by atoms with Crippen LogP contribution in [0.5, 0.6) is 0 Å². The summed E-state index contributed by atoms with van der Waals surface area (Å²) in [6, 6.07) is 0. The zero-order valence-corrected chi connectivity index (χ0v) is 18.6. The molecular weight excluding hydrogens is 368 g/mol. The van der Waals surface area contributed by atoms with Crippen LogP contribution in [0.4, 0.5) is 0 Å². The predicted octanol–water partition coefficient (Wildman–Crippen LogP) is 5.00.